The molecule has 3 rings (SSSR count). The normalized spacial score (nSPS) is 20.7. The fourth-order valence-corrected chi connectivity index (χ4v) is 2.79. The molecule has 2 aliphatic heterocycles. The van der Waals surface area contributed by atoms with Gasteiger partial charge in [-0.3, -0.25) is 9.69 Å². The van der Waals surface area contributed by atoms with E-state index in [0.29, 0.717) is 12.5 Å². The Morgan fingerprint density at radius 1 is 1.30 bits per heavy atom. The lowest BCUT2D eigenvalue weighted by molar-refractivity contribution is -0.139. The van der Waals surface area contributed by atoms with Crippen molar-refractivity contribution in [3.8, 4) is 5.75 Å². The van der Waals surface area contributed by atoms with Gasteiger partial charge in [-0.2, -0.15) is 0 Å². The molecule has 0 aromatic heterocycles. The van der Waals surface area contributed by atoms with E-state index in [4.69, 9.17) is 4.74 Å². The number of nitrogens with zero attached hydrogens (tertiary/aromatic N) is 2. The van der Waals surface area contributed by atoms with Gasteiger partial charge < -0.3 is 14.7 Å². The van der Waals surface area contributed by atoms with Gasteiger partial charge in [-0.05, 0) is 17.7 Å². The maximum atomic E-state index is 12.1. The highest BCUT2D eigenvalue weighted by molar-refractivity contribution is 5.79. The van der Waals surface area contributed by atoms with E-state index in [9.17, 15) is 9.90 Å². The Labute approximate surface area is 118 Å². The Hall–Kier alpha value is -1.59. The number of likely N-dealkylation sites (tertiary alicyclic amines) is 1. The van der Waals surface area contributed by atoms with Crippen LogP contribution in [-0.2, 0) is 16.0 Å². The van der Waals surface area contributed by atoms with Crippen molar-refractivity contribution in [3.05, 3.63) is 29.8 Å². The van der Waals surface area contributed by atoms with Crippen molar-refractivity contribution < 1.29 is 14.6 Å². The third-order valence-corrected chi connectivity index (χ3v) is 4.04. The molecule has 5 heteroatoms. The van der Waals surface area contributed by atoms with Crippen molar-refractivity contribution in [2.24, 2.45) is 0 Å². The number of carbonyl (C=O) groups excluding carboxylic acids is 1. The summed E-state index contributed by atoms with van der Waals surface area (Å²) in [6.45, 7) is 5.18. The Bertz CT molecular complexity index is 480. The predicted molar refractivity (Wildman–Crippen MR) is 74.6 cm³/mol. The first-order chi connectivity index (χ1) is 9.72. The summed E-state index contributed by atoms with van der Waals surface area (Å²) in [4.78, 5) is 16.4. The third kappa shape index (κ3) is 2.94. The quantitative estimate of drug-likeness (QED) is 0.872. The van der Waals surface area contributed by atoms with Crippen molar-refractivity contribution in [2.45, 2.75) is 12.5 Å². The van der Waals surface area contributed by atoms with Crippen LogP contribution in [0.4, 0.5) is 0 Å². The van der Waals surface area contributed by atoms with E-state index in [1.807, 2.05) is 11.0 Å². The van der Waals surface area contributed by atoms with E-state index in [1.165, 1.54) is 0 Å². The molecule has 1 aromatic carbocycles. The van der Waals surface area contributed by atoms with Crippen LogP contribution < -0.4 is 0 Å². The summed E-state index contributed by atoms with van der Waals surface area (Å²) in [5.41, 5.74) is 0.866. The average Bonchev–Trinajstić information content (AvgIpc) is 2.38. The first kappa shape index (κ1) is 13.4. The zero-order valence-electron chi connectivity index (χ0n) is 11.5. The summed E-state index contributed by atoms with van der Waals surface area (Å²) in [6.07, 6.45) is 0.365. The van der Waals surface area contributed by atoms with Crippen LogP contribution in [0.25, 0.3) is 0 Å². The predicted octanol–water partition coefficient (Wildman–Crippen LogP) is 0.478. The smallest absolute Gasteiger partial charge is 0.227 e. The van der Waals surface area contributed by atoms with Gasteiger partial charge in [0.05, 0.1) is 19.6 Å². The van der Waals surface area contributed by atoms with Crippen molar-refractivity contribution in [3.63, 3.8) is 0 Å². The Morgan fingerprint density at radius 2 is 2.05 bits per heavy atom. The van der Waals surface area contributed by atoms with Crippen LogP contribution in [0.2, 0.25) is 0 Å². The minimum atomic E-state index is 0.139. The number of hydrogen-bond donors (Lipinski definition) is 1. The van der Waals surface area contributed by atoms with Crippen LogP contribution in [0, 0.1) is 0 Å². The third-order valence-electron chi connectivity index (χ3n) is 4.04. The summed E-state index contributed by atoms with van der Waals surface area (Å²) in [5.74, 6) is 0.352. The van der Waals surface area contributed by atoms with E-state index >= 15 is 0 Å². The first-order valence-corrected chi connectivity index (χ1v) is 7.10. The van der Waals surface area contributed by atoms with Crippen LogP contribution in [0.1, 0.15) is 5.56 Å². The number of benzene rings is 1. The number of phenolic OH excluding ortho intramolecular Hbond substituents is 1. The summed E-state index contributed by atoms with van der Waals surface area (Å²) in [6, 6.07) is 7.40. The summed E-state index contributed by atoms with van der Waals surface area (Å²) in [7, 11) is 0. The number of amides is 1. The van der Waals surface area contributed by atoms with Gasteiger partial charge in [-0.1, -0.05) is 12.1 Å². The highest BCUT2D eigenvalue weighted by Gasteiger charge is 2.34. The summed E-state index contributed by atoms with van der Waals surface area (Å²) in [5, 5.41) is 9.40. The number of phenols is 1. The molecule has 1 aromatic rings. The highest BCUT2D eigenvalue weighted by Crippen LogP contribution is 2.18. The lowest BCUT2D eigenvalue weighted by Gasteiger charge is -2.46. The van der Waals surface area contributed by atoms with Crippen molar-refractivity contribution in [1.29, 1.82) is 0 Å². The lowest BCUT2D eigenvalue weighted by Crippen LogP contribution is -2.63. The number of carbonyl (C=O) groups is 1. The van der Waals surface area contributed by atoms with Gasteiger partial charge in [0, 0.05) is 32.2 Å². The highest BCUT2D eigenvalue weighted by atomic mass is 16.5. The fraction of sp³-hybridized carbons (Fsp3) is 0.533. The molecule has 2 heterocycles. The van der Waals surface area contributed by atoms with Crippen molar-refractivity contribution in [1.82, 2.24) is 9.80 Å². The number of ether oxygens (including phenoxy) is 1. The average molecular weight is 276 g/mol. The summed E-state index contributed by atoms with van der Waals surface area (Å²) < 4.78 is 5.34. The van der Waals surface area contributed by atoms with Crippen LogP contribution in [0.3, 0.4) is 0 Å². The molecule has 2 fully saturated rings. The molecule has 0 radical (unpaired) electrons. The maximum Gasteiger partial charge on any atom is 0.227 e. The zero-order chi connectivity index (χ0) is 13.9. The molecule has 2 saturated heterocycles. The van der Waals surface area contributed by atoms with Gasteiger partial charge in [0.1, 0.15) is 5.75 Å². The second-order valence-corrected chi connectivity index (χ2v) is 5.45. The molecule has 0 saturated carbocycles. The van der Waals surface area contributed by atoms with Crippen LogP contribution >= 0.6 is 0 Å². The van der Waals surface area contributed by atoms with Gasteiger partial charge >= 0.3 is 0 Å². The molecule has 5 nitrogen and oxygen atoms in total. The molecule has 20 heavy (non-hydrogen) atoms. The summed E-state index contributed by atoms with van der Waals surface area (Å²) >= 11 is 0. The molecule has 108 valence electrons. The standard InChI is InChI=1S/C15H20N2O3/c18-14-3-1-2-12(8-14)9-15(19)17-10-13(11-17)16-4-6-20-7-5-16/h1-3,8,13,18H,4-7,9-11H2. The number of aromatic hydroxyl groups is 1. The topological polar surface area (TPSA) is 53.0 Å². The molecule has 0 spiro atoms. The van der Waals surface area contributed by atoms with Gasteiger partial charge in [0.2, 0.25) is 5.91 Å². The van der Waals surface area contributed by atoms with E-state index in [1.54, 1.807) is 18.2 Å². The monoisotopic (exact) mass is 276 g/mol. The van der Waals surface area contributed by atoms with Gasteiger partial charge in [-0.25, -0.2) is 0 Å². The van der Waals surface area contributed by atoms with Crippen molar-refractivity contribution >= 4 is 5.91 Å². The molecule has 1 amide bonds. The van der Waals surface area contributed by atoms with Crippen molar-refractivity contribution in [2.75, 3.05) is 39.4 Å². The van der Waals surface area contributed by atoms with E-state index in [-0.39, 0.29) is 11.7 Å². The molecule has 0 unspecified atom stereocenters. The SMILES string of the molecule is O=C(Cc1cccc(O)c1)N1CC(N2CCOCC2)C1. The Balaban J connectivity index is 1.48. The Kier molecular flexibility index (Phi) is 3.89. The number of morpholine rings is 1. The molecule has 0 atom stereocenters. The second kappa shape index (κ2) is 5.81. The number of rotatable bonds is 3. The fourth-order valence-electron chi connectivity index (χ4n) is 2.79. The van der Waals surface area contributed by atoms with E-state index in [0.717, 1.165) is 45.0 Å². The van der Waals surface area contributed by atoms with Gasteiger partial charge in [0.15, 0.2) is 0 Å². The molecule has 1 N–H and O–H groups in total. The molecule has 0 bridgehead atoms. The largest absolute Gasteiger partial charge is 0.508 e. The van der Waals surface area contributed by atoms with E-state index in [2.05, 4.69) is 4.90 Å². The molecule has 2 aliphatic rings. The minimum Gasteiger partial charge on any atom is -0.508 e. The van der Waals surface area contributed by atoms with Crippen LogP contribution in [0.5, 0.6) is 5.75 Å². The molecular weight excluding hydrogens is 256 g/mol. The van der Waals surface area contributed by atoms with Gasteiger partial charge in [0.25, 0.3) is 0 Å². The zero-order valence-corrected chi connectivity index (χ0v) is 11.5. The molecular formula is C15H20N2O3. The van der Waals surface area contributed by atoms with Crippen LogP contribution in [0.15, 0.2) is 24.3 Å². The van der Waals surface area contributed by atoms with Gasteiger partial charge in [-0.15, -0.1) is 0 Å². The second-order valence-electron chi connectivity index (χ2n) is 5.45. The number of hydrogen-bond acceptors (Lipinski definition) is 4. The van der Waals surface area contributed by atoms with E-state index < -0.39 is 0 Å². The first-order valence-electron chi connectivity index (χ1n) is 7.10. The minimum absolute atomic E-state index is 0.139. The lowest BCUT2D eigenvalue weighted by atomic mass is 10.0. The van der Waals surface area contributed by atoms with Crippen LogP contribution in [-0.4, -0.2) is 66.2 Å². The maximum absolute atomic E-state index is 12.1. The molecule has 0 aliphatic carbocycles. The Morgan fingerprint density at radius 3 is 2.75 bits per heavy atom.